The van der Waals surface area contributed by atoms with E-state index in [9.17, 15) is 4.79 Å². The van der Waals surface area contributed by atoms with Crippen LogP contribution in [-0.4, -0.2) is 84.5 Å². The van der Waals surface area contributed by atoms with E-state index >= 15 is 0 Å². The van der Waals surface area contributed by atoms with Crippen molar-refractivity contribution in [1.82, 2.24) is 20.1 Å². The Morgan fingerprint density at radius 2 is 2.19 bits per heavy atom. The van der Waals surface area contributed by atoms with E-state index in [1.807, 2.05) is 11.6 Å². The van der Waals surface area contributed by atoms with E-state index in [2.05, 4.69) is 25.3 Å². The molecule has 1 aromatic rings. The Morgan fingerprint density at radius 1 is 1.31 bits per heavy atom. The van der Waals surface area contributed by atoms with Crippen molar-refractivity contribution in [1.29, 1.82) is 0 Å². The van der Waals surface area contributed by atoms with Gasteiger partial charge in [-0.3, -0.25) is 14.6 Å². The summed E-state index contributed by atoms with van der Waals surface area (Å²) in [6.07, 6.45) is 3.32. The number of nitrogens with zero attached hydrogens (tertiary/aromatic N) is 4. The lowest BCUT2D eigenvalue weighted by molar-refractivity contribution is -0.115. The molecule has 3 aliphatic rings. The summed E-state index contributed by atoms with van der Waals surface area (Å²) in [6.45, 7) is 7.45. The quantitative estimate of drug-likeness (QED) is 0.767. The van der Waals surface area contributed by atoms with Crippen LogP contribution in [-0.2, 0) is 20.9 Å². The molecule has 1 atom stereocenters. The van der Waals surface area contributed by atoms with E-state index < -0.39 is 0 Å². The third kappa shape index (κ3) is 4.22. The number of morpholine rings is 1. The molecular formula is C17H25N5O3S. The van der Waals surface area contributed by atoms with E-state index in [0.717, 1.165) is 63.9 Å². The van der Waals surface area contributed by atoms with Gasteiger partial charge in [0.25, 0.3) is 5.91 Å². The maximum atomic E-state index is 12.4. The number of amides is 1. The lowest BCUT2D eigenvalue weighted by Crippen LogP contribution is -2.43. The second-order valence-electron chi connectivity index (χ2n) is 7.09. The number of thiazole rings is 1. The van der Waals surface area contributed by atoms with Gasteiger partial charge in [-0.25, -0.2) is 4.98 Å². The number of carbonyl (C=O) groups is 1. The van der Waals surface area contributed by atoms with E-state index in [0.29, 0.717) is 18.7 Å². The Bertz CT molecular complexity index is 647. The van der Waals surface area contributed by atoms with Crippen LogP contribution in [0.15, 0.2) is 16.7 Å². The van der Waals surface area contributed by atoms with Gasteiger partial charge >= 0.3 is 0 Å². The molecule has 3 aliphatic heterocycles. The molecule has 0 aromatic carbocycles. The molecule has 0 bridgehead atoms. The van der Waals surface area contributed by atoms with Crippen molar-refractivity contribution >= 4 is 23.0 Å². The molecule has 0 aliphatic carbocycles. The first-order valence-electron chi connectivity index (χ1n) is 9.17. The summed E-state index contributed by atoms with van der Waals surface area (Å²) >= 11 is 1.67. The molecule has 1 amide bonds. The summed E-state index contributed by atoms with van der Waals surface area (Å²) in [5.41, 5.74) is 0.178. The van der Waals surface area contributed by atoms with Gasteiger partial charge in [0, 0.05) is 63.7 Å². The van der Waals surface area contributed by atoms with Gasteiger partial charge in [0.2, 0.25) is 0 Å². The predicted molar refractivity (Wildman–Crippen MR) is 98.1 cm³/mol. The Hall–Kier alpha value is -1.55. The minimum absolute atomic E-state index is 0.103. The van der Waals surface area contributed by atoms with E-state index in [-0.39, 0.29) is 11.5 Å². The molecule has 0 saturated carbocycles. The molecule has 142 valence electrons. The molecule has 2 fully saturated rings. The SMILES string of the molecule is O=C(NCCN1CCOCC1)C1=NO[C@]2(CCN(Cc3nccs3)C2)C1. The first-order chi connectivity index (χ1) is 12.7. The maximum absolute atomic E-state index is 12.4. The van der Waals surface area contributed by atoms with Crippen molar-refractivity contribution in [2.45, 2.75) is 25.0 Å². The van der Waals surface area contributed by atoms with Crippen LogP contribution in [0.2, 0.25) is 0 Å². The van der Waals surface area contributed by atoms with Gasteiger partial charge in [-0.1, -0.05) is 5.16 Å². The third-order valence-corrected chi connectivity index (χ3v) is 5.92. The molecule has 2 saturated heterocycles. The number of carbonyl (C=O) groups excluding carboxylic acids is 1. The number of hydrogen-bond acceptors (Lipinski definition) is 8. The second-order valence-corrected chi connectivity index (χ2v) is 8.06. The molecule has 1 N–H and O–H groups in total. The van der Waals surface area contributed by atoms with Gasteiger partial charge in [0.05, 0.1) is 19.8 Å². The number of oxime groups is 1. The van der Waals surface area contributed by atoms with Crippen LogP contribution in [0.25, 0.3) is 0 Å². The van der Waals surface area contributed by atoms with Crippen LogP contribution >= 0.6 is 11.3 Å². The van der Waals surface area contributed by atoms with E-state index in [1.54, 1.807) is 11.3 Å². The van der Waals surface area contributed by atoms with Crippen molar-refractivity contribution in [2.75, 3.05) is 52.5 Å². The van der Waals surface area contributed by atoms with Gasteiger partial charge in [-0.15, -0.1) is 11.3 Å². The van der Waals surface area contributed by atoms with Crippen LogP contribution in [0.5, 0.6) is 0 Å². The zero-order valence-corrected chi connectivity index (χ0v) is 15.7. The van der Waals surface area contributed by atoms with E-state index in [4.69, 9.17) is 9.57 Å². The second kappa shape index (κ2) is 7.99. The van der Waals surface area contributed by atoms with Gasteiger partial charge < -0.3 is 14.9 Å². The topological polar surface area (TPSA) is 79.3 Å². The molecular weight excluding hydrogens is 354 g/mol. The Kier molecular flexibility index (Phi) is 5.49. The average Bonchev–Trinajstić information content (AvgIpc) is 3.39. The molecule has 4 rings (SSSR count). The molecule has 0 radical (unpaired) electrons. The predicted octanol–water partition coefficient (Wildman–Crippen LogP) is 0.312. The Balaban J connectivity index is 1.21. The third-order valence-electron chi connectivity index (χ3n) is 5.16. The Morgan fingerprint density at radius 3 is 3.00 bits per heavy atom. The minimum Gasteiger partial charge on any atom is -0.387 e. The van der Waals surface area contributed by atoms with Gasteiger partial charge in [0.15, 0.2) is 5.60 Å². The molecule has 4 heterocycles. The summed E-state index contributed by atoms with van der Waals surface area (Å²) in [6, 6.07) is 0. The van der Waals surface area contributed by atoms with Crippen LogP contribution in [0.4, 0.5) is 0 Å². The van der Waals surface area contributed by atoms with Crippen molar-refractivity contribution in [3.8, 4) is 0 Å². The fraction of sp³-hybridized carbons (Fsp3) is 0.706. The number of aromatic nitrogens is 1. The molecule has 1 spiro atoms. The fourth-order valence-electron chi connectivity index (χ4n) is 3.70. The normalized spacial score (nSPS) is 26.8. The zero-order chi connectivity index (χ0) is 17.8. The van der Waals surface area contributed by atoms with Crippen LogP contribution < -0.4 is 5.32 Å². The first-order valence-corrected chi connectivity index (χ1v) is 10.0. The minimum atomic E-state index is -0.339. The highest BCUT2D eigenvalue weighted by molar-refractivity contribution is 7.09. The number of rotatable bonds is 6. The number of nitrogens with one attached hydrogen (secondary N) is 1. The monoisotopic (exact) mass is 379 g/mol. The van der Waals surface area contributed by atoms with Crippen molar-refractivity contribution in [3.05, 3.63) is 16.6 Å². The van der Waals surface area contributed by atoms with Crippen LogP contribution in [0, 0.1) is 0 Å². The van der Waals surface area contributed by atoms with Crippen LogP contribution in [0.3, 0.4) is 0 Å². The van der Waals surface area contributed by atoms with Gasteiger partial charge in [0.1, 0.15) is 10.7 Å². The molecule has 8 nitrogen and oxygen atoms in total. The maximum Gasteiger partial charge on any atom is 0.269 e. The summed E-state index contributed by atoms with van der Waals surface area (Å²) in [7, 11) is 0. The van der Waals surface area contributed by atoms with Gasteiger partial charge in [-0.05, 0) is 0 Å². The molecule has 9 heteroatoms. The number of ether oxygens (including phenoxy) is 1. The van der Waals surface area contributed by atoms with Crippen molar-refractivity contribution in [2.24, 2.45) is 5.16 Å². The molecule has 26 heavy (non-hydrogen) atoms. The summed E-state index contributed by atoms with van der Waals surface area (Å²) in [5.74, 6) is -0.103. The van der Waals surface area contributed by atoms with E-state index in [1.165, 1.54) is 0 Å². The summed E-state index contributed by atoms with van der Waals surface area (Å²) in [5, 5.41) is 10.2. The summed E-state index contributed by atoms with van der Waals surface area (Å²) < 4.78 is 5.33. The highest BCUT2D eigenvalue weighted by Crippen LogP contribution is 2.34. The first kappa shape index (κ1) is 17.8. The lowest BCUT2D eigenvalue weighted by atomic mass is 9.96. The smallest absolute Gasteiger partial charge is 0.269 e. The standard InChI is InChI=1S/C17H25N5O3S/c23-16(19-2-5-21-6-8-24-9-7-21)14-11-17(25-20-14)1-4-22(13-17)12-15-18-3-10-26-15/h3,10H,1-2,4-9,11-13H2,(H,19,23)/t17-/m1/s1. The number of likely N-dealkylation sites (tertiary alicyclic amines) is 1. The fourth-order valence-corrected chi connectivity index (χ4v) is 4.36. The van der Waals surface area contributed by atoms with Crippen molar-refractivity contribution < 1.29 is 14.4 Å². The lowest BCUT2D eigenvalue weighted by Gasteiger charge is -2.26. The zero-order valence-electron chi connectivity index (χ0n) is 14.9. The Labute approximate surface area is 157 Å². The van der Waals surface area contributed by atoms with Crippen LogP contribution in [0.1, 0.15) is 17.8 Å². The van der Waals surface area contributed by atoms with Crippen molar-refractivity contribution in [3.63, 3.8) is 0 Å². The summed E-state index contributed by atoms with van der Waals surface area (Å²) in [4.78, 5) is 27.1. The molecule has 1 aromatic heterocycles. The van der Waals surface area contributed by atoms with Gasteiger partial charge in [-0.2, -0.15) is 0 Å². The molecule has 0 unspecified atom stereocenters. The number of hydrogen-bond donors (Lipinski definition) is 1. The average molecular weight is 379 g/mol. The highest BCUT2D eigenvalue weighted by Gasteiger charge is 2.46. The highest BCUT2D eigenvalue weighted by atomic mass is 32.1. The largest absolute Gasteiger partial charge is 0.387 e.